The first-order valence-electron chi connectivity index (χ1n) is 5.89. The molecule has 100 valence electrons. The van der Waals surface area contributed by atoms with Crippen LogP contribution in [0.1, 0.15) is 37.0 Å². The fraction of sp³-hybridized carbons (Fsp3) is 0.462. The zero-order chi connectivity index (χ0) is 13.5. The number of halogens is 2. The molecule has 0 saturated heterocycles. The fourth-order valence-corrected chi connectivity index (χ4v) is 1.83. The molecule has 0 unspecified atom stereocenters. The van der Waals surface area contributed by atoms with E-state index in [0.29, 0.717) is 11.1 Å². The molecule has 1 aromatic rings. The number of carbonyl (C=O) groups is 1. The molecule has 0 amide bonds. The van der Waals surface area contributed by atoms with E-state index in [0.717, 1.165) is 12.8 Å². The Kier molecular flexibility index (Phi) is 6.12. The normalized spacial score (nSPS) is 10.2. The van der Waals surface area contributed by atoms with E-state index in [9.17, 15) is 9.18 Å². The molecule has 0 atom stereocenters. The molecule has 0 aromatic heterocycles. The summed E-state index contributed by atoms with van der Waals surface area (Å²) in [6, 6.07) is 3.08. The minimum absolute atomic E-state index is 0.0784. The predicted molar refractivity (Wildman–Crippen MR) is 70.5 cm³/mol. The van der Waals surface area contributed by atoms with Crippen LogP contribution >= 0.6 is 15.9 Å². The van der Waals surface area contributed by atoms with Crippen LogP contribution in [0, 0.1) is 5.82 Å². The molecule has 0 saturated carbocycles. The summed E-state index contributed by atoms with van der Waals surface area (Å²) in [4.78, 5) is 11.6. The van der Waals surface area contributed by atoms with Gasteiger partial charge in [-0.25, -0.2) is 9.18 Å². The van der Waals surface area contributed by atoms with Crippen LogP contribution < -0.4 is 4.74 Å². The maximum absolute atomic E-state index is 14.1. The van der Waals surface area contributed by atoms with Crippen molar-refractivity contribution in [2.75, 3.05) is 13.2 Å². The van der Waals surface area contributed by atoms with Crippen molar-refractivity contribution in [1.29, 1.82) is 0 Å². The third-order valence-corrected chi connectivity index (χ3v) is 2.95. The Hall–Kier alpha value is -1.10. The van der Waals surface area contributed by atoms with Gasteiger partial charge in [0, 0.05) is 4.47 Å². The molecule has 0 fully saturated rings. The summed E-state index contributed by atoms with van der Waals surface area (Å²) in [7, 11) is 0. The van der Waals surface area contributed by atoms with Crippen molar-refractivity contribution in [3.63, 3.8) is 0 Å². The van der Waals surface area contributed by atoms with Crippen LogP contribution in [-0.4, -0.2) is 19.2 Å². The molecule has 18 heavy (non-hydrogen) atoms. The van der Waals surface area contributed by atoms with E-state index < -0.39 is 11.8 Å². The van der Waals surface area contributed by atoms with Crippen molar-refractivity contribution < 1.29 is 18.7 Å². The number of rotatable bonds is 6. The zero-order valence-electron chi connectivity index (χ0n) is 10.5. The van der Waals surface area contributed by atoms with Crippen molar-refractivity contribution >= 4 is 21.9 Å². The molecular weight excluding hydrogens is 303 g/mol. The number of esters is 1. The predicted octanol–water partition coefficient (Wildman–Crippen LogP) is 3.94. The number of benzene rings is 1. The largest absolute Gasteiger partial charge is 0.490 e. The Labute approximate surface area is 114 Å². The Morgan fingerprint density at radius 1 is 1.39 bits per heavy atom. The Balaban J connectivity index is 2.95. The average molecular weight is 319 g/mol. The second-order valence-electron chi connectivity index (χ2n) is 3.66. The quantitative estimate of drug-likeness (QED) is 0.588. The van der Waals surface area contributed by atoms with Gasteiger partial charge in [0.05, 0.1) is 13.2 Å². The van der Waals surface area contributed by atoms with Crippen molar-refractivity contribution in [2.24, 2.45) is 0 Å². The van der Waals surface area contributed by atoms with Gasteiger partial charge in [-0.15, -0.1) is 0 Å². The van der Waals surface area contributed by atoms with Gasteiger partial charge in [0.25, 0.3) is 0 Å². The summed E-state index contributed by atoms with van der Waals surface area (Å²) in [6.45, 7) is 4.32. The van der Waals surface area contributed by atoms with Gasteiger partial charge >= 0.3 is 5.97 Å². The number of unbranched alkanes of at least 4 members (excludes halogenated alkanes) is 1. The van der Waals surface area contributed by atoms with E-state index in [1.54, 1.807) is 13.0 Å². The van der Waals surface area contributed by atoms with Crippen LogP contribution in [0.5, 0.6) is 5.75 Å². The van der Waals surface area contributed by atoms with Gasteiger partial charge in [-0.3, -0.25) is 0 Å². The standard InChI is InChI=1S/C13H16BrFO3/c1-3-5-8-18-10-7-6-9(14)11(12(10)15)13(16)17-4-2/h6-7H,3-5,8H2,1-2H3. The molecule has 0 N–H and O–H groups in total. The van der Waals surface area contributed by atoms with Crippen molar-refractivity contribution in [3.05, 3.63) is 28.0 Å². The van der Waals surface area contributed by atoms with Gasteiger partial charge < -0.3 is 9.47 Å². The highest BCUT2D eigenvalue weighted by Gasteiger charge is 2.20. The first-order chi connectivity index (χ1) is 8.61. The molecule has 5 heteroatoms. The molecule has 3 nitrogen and oxygen atoms in total. The first-order valence-corrected chi connectivity index (χ1v) is 6.69. The molecular formula is C13H16BrFO3. The summed E-state index contributed by atoms with van der Waals surface area (Å²) in [5.41, 5.74) is -0.120. The Morgan fingerprint density at radius 3 is 2.72 bits per heavy atom. The maximum Gasteiger partial charge on any atom is 0.342 e. The first kappa shape index (κ1) is 15.0. The van der Waals surface area contributed by atoms with Crippen LogP contribution in [0.4, 0.5) is 4.39 Å². The van der Waals surface area contributed by atoms with E-state index in [1.807, 2.05) is 6.92 Å². The number of hydrogen-bond acceptors (Lipinski definition) is 3. The lowest BCUT2D eigenvalue weighted by atomic mass is 10.2. The smallest absolute Gasteiger partial charge is 0.342 e. The van der Waals surface area contributed by atoms with Gasteiger partial charge in [0.2, 0.25) is 0 Å². The van der Waals surface area contributed by atoms with E-state index in [2.05, 4.69) is 15.9 Å². The fourth-order valence-electron chi connectivity index (χ4n) is 1.36. The lowest BCUT2D eigenvalue weighted by Gasteiger charge is -2.11. The van der Waals surface area contributed by atoms with E-state index in [4.69, 9.17) is 9.47 Å². The van der Waals surface area contributed by atoms with Crippen molar-refractivity contribution in [1.82, 2.24) is 0 Å². The molecule has 0 heterocycles. The van der Waals surface area contributed by atoms with Crippen LogP contribution in [0.25, 0.3) is 0 Å². The summed E-state index contributed by atoms with van der Waals surface area (Å²) in [5.74, 6) is -1.29. The van der Waals surface area contributed by atoms with Crippen LogP contribution in [0.3, 0.4) is 0 Å². The topological polar surface area (TPSA) is 35.5 Å². The minimum Gasteiger partial charge on any atom is -0.490 e. The zero-order valence-corrected chi connectivity index (χ0v) is 12.0. The molecule has 0 spiro atoms. The molecule has 0 aliphatic rings. The number of hydrogen-bond donors (Lipinski definition) is 0. The highest BCUT2D eigenvalue weighted by molar-refractivity contribution is 9.10. The molecule has 1 aromatic carbocycles. The average Bonchev–Trinajstić information content (AvgIpc) is 2.33. The monoisotopic (exact) mass is 318 g/mol. The minimum atomic E-state index is -0.692. The van der Waals surface area contributed by atoms with Gasteiger partial charge in [0.15, 0.2) is 11.6 Å². The molecule has 0 radical (unpaired) electrons. The van der Waals surface area contributed by atoms with Crippen molar-refractivity contribution in [3.8, 4) is 5.75 Å². The van der Waals surface area contributed by atoms with Gasteiger partial charge in [-0.05, 0) is 41.4 Å². The Bertz CT molecular complexity index is 421. The van der Waals surface area contributed by atoms with E-state index >= 15 is 0 Å². The van der Waals surface area contributed by atoms with Crippen LogP contribution in [0.2, 0.25) is 0 Å². The van der Waals surface area contributed by atoms with E-state index in [-0.39, 0.29) is 17.9 Å². The number of carbonyl (C=O) groups excluding carboxylic acids is 1. The highest BCUT2D eigenvalue weighted by Crippen LogP contribution is 2.28. The highest BCUT2D eigenvalue weighted by atomic mass is 79.9. The second-order valence-corrected chi connectivity index (χ2v) is 4.51. The Morgan fingerprint density at radius 2 is 2.11 bits per heavy atom. The summed E-state index contributed by atoms with van der Waals surface area (Å²) < 4.78 is 24.5. The summed E-state index contributed by atoms with van der Waals surface area (Å²) >= 11 is 3.14. The lowest BCUT2D eigenvalue weighted by molar-refractivity contribution is 0.0518. The second kappa shape index (κ2) is 7.36. The lowest BCUT2D eigenvalue weighted by Crippen LogP contribution is -2.10. The summed E-state index contributed by atoms with van der Waals surface area (Å²) in [6.07, 6.45) is 1.80. The van der Waals surface area contributed by atoms with Crippen LogP contribution in [0.15, 0.2) is 16.6 Å². The van der Waals surface area contributed by atoms with Crippen molar-refractivity contribution in [2.45, 2.75) is 26.7 Å². The van der Waals surface area contributed by atoms with E-state index in [1.165, 1.54) is 6.07 Å². The third kappa shape index (κ3) is 3.70. The molecule has 0 aliphatic carbocycles. The molecule has 0 aliphatic heterocycles. The van der Waals surface area contributed by atoms with Gasteiger partial charge in [0.1, 0.15) is 5.56 Å². The third-order valence-electron chi connectivity index (χ3n) is 2.29. The van der Waals surface area contributed by atoms with Crippen LogP contribution in [-0.2, 0) is 4.74 Å². The maximum atomic E-state index is 14.1. The SMILES string of the molecule is CCCCOc1ccc(Br)c(C(=O)OCC)c1F. The number of ether oxygens (including phenoxy) is 2. The molecule has 0 bridgehead atoms. The van der Waals surface area contributed by atoms with Gasteiger partial charge in [-0.1, -0.05) is 13.3 Å². The van der Waals surface area contributed by atoms with Gasteiger partial charge in [-0.2, -0.15) is 0 Å². The molecule has 1 rings (SSSR count). The summed E-state index contributed by atoms with van der Waals surface area (Å²) in [5, 5.41) is 0.